The molecule has 0 fully saturated rings. The summed E-state index contributed by atoms with van der Waals surface area (Å²) in [4.78, 5) is 24.4. The highest BCUT2D eigenvalue weighted by atomic mass is 19.1. The van der Waals surface area contributed by atoms with Crippen molar-refractivity contribution in [2.75, 3.05) is 11.1 Å². The molecule has 2 aromatic carbocycles. The lowest BCUT2D eigenvalue weighted by Gasteiger charge is -2.18. The fraction of sp³-hybridized carbons (Fsp3) is 0.238. The van der Waals surface area contributed by atoms with Gasteiger partial charge in [0.1, 0.15) is 11.6 Å². The summed E-state index contributed by atoms with van der Waals surface area (Å²) in [5, 5.41) is 2.06. The number of halogens is 3. The molecule has 152 valence electrons. The molecule has 0 aliphatic heterocycles. The maximum absolute atomic E-state index is 14.5. The highest BCUT2D eigenvalue weighted by Gasteiger charge is 2.23. The van der Waals surface area contributed by atoms with Crippen molar-refractivity contribution in [3.63, 3.8) is 0 Å². The molecule has 1 aromatic heterocycles. The van der Waals surface area contributed by atoms with Crippen LogP contribution in [0.1, 0.15) is 26.3 Å². The highest BCUT2D eigenvalue weighted by Crippen LogP contribution is 2.32. The number of hydrogen-bond donors (Lipinski definition) is 2. The molecule has 0 aliphatic rings. The van der Waals surface area contributed by atoms with Crippen LogP contribution in [-0.4, -0.2) is 5.91 Å². The SMILES string of the molecule is Cc1c(F)c(N)c2c(=O)cc(-c3ccc(NC(=O)C(C)(C)C)c(F)c3)oc2c1F. The van der Waals surface area contributed by atoms with Crippen molar-refractivity contribution in [3.8, 4) is 11.3 Å². The van der Waals surface area contributed by atoms with E-state index in [0.717, 1.165) is 12.1 Å². The van der Waals surface area contributed by atoms with E-state index in [9.17, 15) is 22.8 Å². The first-order chi connectivity index (χ1) is 13.4. The molecule has 8 heteroatoms. The van der Waals surface area contributed by atoms with Gasteiger partial charge in [-0.2, -0.15) is 0 Å². The molecule has 3 rings (SSSR count). The molecule has 1 heterocycles. The zero-order valence-corrected chi connectivity index (χ0v) is 16.2. The average molecular weight is 404 g/mol. The molecular formula is C21H19F3N2O3. The minimum absolute atomic E-state index is 0.0508. The standard InChI is InChI=1S/C21H19F3N2O3/c1-9-16(23)18(25)15-13(27)8-14(29-19(15)17(9)24)10-5-6-12(11(22)7-10)26-20(28)21(2,3)4/h5-8H,25H2,1-4H3,(H,26,28). The van der Waals surface area contributed by atoms with Crippen molar-refractivity contribution >= 4 is 28.3 Å². The Hall–Kier alpha value is -3.29. The normalized spacial score (nSPS) is 11.7. The van der Waals surface area contributed by atoms with Gasteiger partial charge in [-0.3, -0.25) is 9.59 Å². The van der Waals surface area contributed by atoms with Gasteiger partial charge in [0.15, 0.2) is 22.6 Å². The van der Waals surface area contributed by atoms with E-state index in [1.165, 1.54) is 19.1 Å². The van der Waals surface area contributed by atoms with Crippen LogP contribution in [0.2, 0.25) is 0 Å². The molecule has 0 radical (unpaired) electrons. The number of anilines is 2. The van der Waals surface area contributed by atoms with Crippen LogP contribution in [-0.2, 0) is 4.79 Å². The lowest BCUT2D eigenvalue weighted by Crippen LogP contribution is -2.28. The summed E-state index contributed by atoms with van der Waals surface area (Å²) in [6.45, 7) is 6.22. The number of nitrogens with two attached hydrogens (primary N) is 1. The van der Waals surface area contributed by atoms with Gasteiger partial charge in [-0.1, -0.05) is 20.8 Å². The number of nitrogen functional groups attached to an aromatic ring is 1. The summed E-state index contributed by atoms with van der Waals surface area (Å²) in [6, 6.07) is 4.73. The van der Waals surface area contributed by atoms with Crippen LogP contribution >= 0.6 is 0 Å². The Bertz CT molecular complexity index is 1210. The lowest BCUT2D eigenvalue weighted by atomic mass is 9.95. The number of carbonyl (C=O) groups is 1. The van der Waals surface area contributed by atoms with Crippen LogP contribution < -0.4 is 16.5 Å². The lowest BCUT2D eigenvalue weighted by molar-refractivity contribution is -0.123. The van der Waals surface area contributed by atoms with Gasteiger partial charge in [-0.25, -0.2) is 13.2 Å². The van der Waals surface area contributed by atoms with E-state index >= 15 is 0 Å². The predicted molar refractivity (Wildman–Crippen MR) is 105 cm³/mol. The molecule has 0 saturated heterocycles. The van der Waals surface area contributed by atoms with Gasteiger partial charge >= 0.3 is 0 Å². The second-order valence-corrected chi connectivity index (χ2v) is 7.74. The van der Waals surface area contributed by atoms with Gasteiger partial charge in [0.05, 0.1) is 16.8 Å². The summed E-state index contributed by atoms with van der Waals surface area (Å²) in [5.41, 5.74) is 2.80. The van der Waals surface area contributed by atoms with E-state index in [0.29, 0.717) is 0 Å². The molecular weight excluding hydrogens is 385 g/mol. The minimum Gasteiger partial charge on any atom is -0.453 e. The summed E-state index contributed by atoms with van der Waals surface area (Å²) >= 11 is 0. The molecule has 29 heavy (non-hydrogen) atoms. The van der Waals surface area contributed by atoms with E-state index < -0.39 is 45.0 Å². The number of amides is 1. The van der Waals surface area contributed by atoms with E-state index in [-0.39, 0.29) is 28.5 Å². The Labute approximate surface area is 164 Å². The van der Waals surface area contributed by atoms with Crippen LogP contribution in [0, 0.1) is 29.8 Å². The summed E-state index contributed by atoms with van der Waals surface area (Å²) in [6.07, 6.45) is 0. The average Bonchev–Trinajstić information content (AvgIpc) is 2.64. The topological polar surface area (TPSA) is 85.3 Å². The minimum atomic E-state index is -1.06. The molecule has 0 aliphatic carbocycles. The van der Waals surface area contributed by atoms with Gasteiger partial charge in [0.2, 0.25) is 5.91 Å². The quantitative estimate of drug-likeness (QED) is 0.604. The van der Waals surface area contributed by atoms with Gasteiger partial charge in [0.25, 0.3) is 0 Å². The van der Waals surface area contributed by atoms with Crippen molar-refractivity contribution in [2.45, 2.75) is 27.7 Å². The summed E-state index contributed by atoms with van der Waals surface area (Å²) in [7, 11) is 0. The monoisotopic (exact) mass is 404 g/mol. The number of nitrogens with one attached hydrogen (secondary N) is 1. The molecule has 0 spiro atoms. The second kappa shape index (κ2) is 6.95. The first-order valence-corrected chi connectivity index (χ1v) is 8.74. The summed E-state index contributed by atoms with van der Waals surface area (Å²) in [5.74, 6) is -3.35. The predicted octanol–water partition coefficient (Wildman–Crippen LogP) is 4.75. The number of hydrogen-bond acceptors (Lipinski definition) is 4. The Morgan fingerprint density at radius 3 is 2.34 bits per heavy atom. The van der Waals surface area contributed by atoms with Gasteiger partial charge in [-0.05, 0) is 25.1 Å². The van der Waals surface area contributed by atoms with E-state index in [4.69, 9.17) is 10.2 Å². The molecule has 0 unspecified atom stereocenters. The number of fused-ring (bicyclic) bond motifs is 1. The fourth-order valence-corrected chi connectivity index (χ4v) is 2.70. The molecule has 3 N–H and O–H groups in total. The largest absolute Gasteiger partial charge is 0.453 e. The van der Waals surface area contributed by atoms with Crippen molar-refractivity contribution in [2.24, 2.45) is 5.41 Å². The van der Waals surface area contributed by atoms with Crippen LogP contribution in [0.4, 0.5) is 24.5 Å². The summed E-state index contributed by atoms with van der Waals surface area (Å²) < 4.78 is 48.4. The highest BCUT2D eigenvalue weighted by molar-refractivity contribution is 5.95. The number of carbonyl (C=O) groups excluding carboxylic acids is 1. The zero-order valence-electron chi connectivity index (χ0n) is 16.2. The smallest absolute Gasteiger partial charge is 0.229 e. The Balaban J connectivity index is 2.11. The maximum atomic E-state index is 14.5. The van der Waals surface area contributed by atoms with E-state index in [1.807, 2.05) is 0 Å². The molecule has 3 aromatic rings. The third-order valence-corrected chi connectivity index (χ3v) is 4.49. The van der Waals surface area contributed by atoms with Crippen molar-refractivity contribution < 1.29 is 22.4 Å². The molecule has 5 nitrogen and oxygen atoms in total. The Morgan fingerprint density at radius 2 is 1.76 bits per heavy atom. The Kier molecular flexibility index (Phi) is 4.90. The first kappa shape index (κ1) is 20.4. The third kappa shape index (κ3) is 3.57. The van der Waals surface area contributed by atoms with Crippen LogP contribution in [0.3, 0.4) is 0 Å². The molecule has 0 bridgehead atoms. The zero-order chi connectivity index (χ0) is 21.7. The van der Waals surface area contributed by atoms with Crippen LogP contribution in [0.5, 0.6) is 0 Å². The fourth-order valence-electron chi connectivity index (χ4n) is 2.70. The first-order valence-electron chi connectivity index (χ1n) is 8.74. The van der Waals surface area contributed by atoms with Gasteiger partial charge in [-0.15, -0.1) is 0 Å². The van der Waals surface area contributed by atoms with Crippen LogP contribution in [0.15, 0.2) is 33.5 Å². The van der Waals surface area contributed by atoms with Crippen molar-refractivity contribution in [3.05, 3.63) is 57.5 Å². The van der Waals surface area contributed by atoms with Crippen molar-refractivity contribution in [1.82, 2.24) is 0 Å². The second-order valence-electron chi connectivity index (χ2n) is 7.74. The van der Waals surface area contributed by atoms with Gasteiger partial charge in [0, 0.05) is 22.6 Å². The molecule has 1 amide bonds. The number of rotatable bonds is 2. The maximum Gasteiger partial charge on any atom is 0.229 e. The van der Waals surface area contributed by atoms with Crippen molar-refractivity contribution in [1.29, 1.82) is 0 Å². The van der Waals surface area contributed by atoms with E-state index in [1.54, 1.807) is 20.8 Å². The number of benzene rings is 2. The van der Waals surface area contributed by atoms with Gasteiger partial charge < -0.3 is 15.5 Å². The third-order valence-electron chi connectivity index (χ3n) is 4.49. The molecule has 0 saturated carbocycles. The van der Waals surface area contributed by atoms with Crippen LogP contribution in [0.25, 0.3) is 22.3 Å². The molecule has 0 atom stereocenters. The van der Waals surface area contributed by atoms with E-state index in [2.05, 4.69) is 5.32 Å². The Morgan fingerprint density at radius 1 is 1.10 bits per heavy atom.